The number of aryl methyl sites for hydroxylation is 2. The molecule has 3 rings (SSSR count). The maximum Gasteiger partial charge on any atom is 0.410 e. The van der Waals surface area contributed by atoms with E-state index < -0.39 is 11.4 Å². The summed E-state index contributed by atoms with van der Waals surface area (Å²) < 4.78 is 20.6. The summed E-state index contributed by atoms with van der Waals surface area (Å²) in [4.78, 5) is 17.3. The van der Waals surface area contributed by atoms with E-state index in [2.05, 4.69) is 11.1 Å². The van der Waals surface area contributed by atoms with Gasteiger partial charge in [0.2, 0.25) is 0 Å². The van der Waals surface area contributed by atoms with Gasteiger partial charge in [0, 0.05) is 23.7 Å². The van der Waals surface area contributed by atoms with Gasteiger partial charge in [0.25, 0.3) is 0 Å². The van der Waals surface area contributed by atoms with E-state index in [4.69, 9.17) is 4.74 Å². The summed E-state index contributed by atoms with van der Waals surface area (Å²) in [5, 5.41) is 10.2. The zero-order valence-corrected chi connectivity index (χ0v) is 17.9. The molecular weight excluding hydrogens is 369 g/mol. The van der Waals surface area contributed by atoms with E-state index in [0.717, 1.165) is 41.5 Å². The number of aromatic nitrogens is 1. The van der Waals surface area contributed by atoms with Gasteiger partial charge in [0.15, 0.2) is 0 Å². The lowest BCUT2D eigenvalue weighted by atomic mass is 9.87. The van der Waals surface area contributed by atoms with E-state index in [9.17, 15) is 10.1 Å². The third kappa shape index (κ3) is 4.00. The molecule has 1 amide bonds. The summed E-state index contributed by atoms with van der Waals surface area (Å²) in [6, 6.07) is 3.22. The number of fused-ring (bicyclic) bond motifs is 1. The number of hydrogen-bond acceptors (Lipinski definition) is 3. The number of halogens is 1. The molecule has 0 aliphatic heterocycles. The Morgan fingerprint density at radius 2 is 2.07 bits per heavy atom. The van der Waals surface area contributed by atoms with Crippen LogP contribution in [0.2, 0.25) is 0 Å². The summed E-state index contributed by atoms with van der Waals surface area (Å²) in [7, 11) is 1.72. The molecule has 5 nitrogen and oxygen atoms in total. The molecule has 0 bridgehead atoms. The van der Waals surface area contributed by atoms with Crippen LogP contribution < -0.4 is 0 Å². The van der Waals surface area contributed by atoms with Crippen LogP contribution in [-0.2, 0) is 4.74 Å². The number of rotatable bonds is 2. The van der Waals surface area contributed by atoms with Gasteiger partial charge in [-0.15, -0.1) is 0 Å². The Morgan fingerprint density at radius 1 is 1.38 bits per heavy atom. The third-order valence-corrected chi connectivity index (χ3v) is 5.49. The zero-order valence-electron chi connectivity index (χ0n) is 17.9. The van der Waals surface area contributed by atoms with Gasteiger partial charge in [-0.2, -0.15) is 5.26 Å². The predicted octanol–water partition coefficient (Wildman–Crippen LogP) is 5.60. The molecule has 6 heteroatoms. The molecule has 0 saturated carbocycles. The molecular formula is C23H28FN3O2. The smallest absolute Gasteiger partial charge is 0.410 e. The first-order valence-corrected chi connectivity index (χ1v) is 9.92. The molecule has 1 heterocycles. The number of benzene rings is 1. The Kier molecular flexibility index (Phi) is 5.44. The molecule has 2 aromatic rings. The van der Waals surface area contributed by atoms with E-state index >= 15 is 4.39 Å². The Morgan fingerprint density at radius 3 is 2.69 bits per heavy atom. The standard InChI is InChI=1S/C23H28FN3O2/c1-13-14(2)26-21-16(12-25)11-18(24)20(19(13)21)15-8-7-9-17(10-15)27(6)22(28)29-23(3,4)5/h10-11,17,26H,7-9H2,1-6H3. The van der Waals surface area contributed by atoms with E-state index in [1.54, 1.807) is 11.9 Å². The highest BCUT2D eigenvalue weighted by atomic mass is 19.1. The fourth-order valence-corrected chi connectivity index (χ4v) is 3.91. The summed E-state index contributed by atoms with van der Waals surface area (Å²) >= 11 is 0. The lowest BCUT2D eigenvalue weighted by molar-refractivity contribution is 0.0247. The van der Waals surface area contributed by atoms with Crippen LogP contribution in [0.3, 0.4) is 0 Å². The monoisotopic (exact) mass is 397 g/mol. The maximum atomic E-state index is 15.1. The highest BCUT2D eigenvalue weighted by Crippen LogP contribution is 2.38. The molecule has 0 spiro atoms. The lowest BCUT2D eigenvalue weighted by Gasteiger charge is -2.32. The molecule has 0 radical (unpaired) electrons. The van der Waals surface area contributed by atoms with Crippen LogP contribution in [0.1, 0.15) is 62.4 Å². The Bertz CT molecular complexity index is 1040. The van der Waals surface area contributed by atoms with Crippen molar-refractivity contribution in [2.24, 2.45) is 0 Å². The Hall–Kier alpha value is -2.81. The largest absolute Gasteiger partial charge is 0.444 e. The van der Waals surface area contributed by atoms with Gasteiger partial charge >= 0.3 is 6.09 Å². The number of nitrogens with one attached hydrogen (secondary N) is 1. The minimum absolute atomic E-state index is 0.168. The van der Waals surface area contributed by atoms with Crippen LogP contribution in [0.25, 0.3) is 16.5 Å². The average molecular weight is 397 g/mol. The Labute approximate surface area is 171 Å². The van der Waals surface area contributed by atoms with Crippen LogP contribution in [0.4, 0.5) is 9.18 Å². The quantitative estimate of drug-likeness (QED) is 0.717. The minimum atomic E-state index is -0.572. The van der Waals surface area contributed by atoms with Crippen molar-refractivity contribution in [3.8, 4) is 6.07 Å². The molecule has 0 saturated heterocycles. The van der Waals surface area contributed by atoms with E-state index in [1.807, 2.05) is 40.7 Å². The van der Waals surface area contributed by atoms with Gasteiger partial charge in [-0.25, -0.2) is 9.18 Å². The van der Waals surface area contributed by atoms with Crippen LogP contribution >= 0.6 is 0 Å². The van der Waals surface area contributed by atoms with E-state index in [1.165, 1.54) is 6.07 Å². The van der Waals surface area contributed by atoms with E-state index in [0.29, 0.717) is 16.6 Å². The molecule has 1 aliphatic carbocycles. The van der Waals surface area contributed by atoms with Crippen molar-refractivity contribution in [1.29, 1.82) is 5.26 Å². The number of H-pyrrole nitrogens is 1. The highest BCUT2D eigenvalue weighted by Gasteiger charge is 2.28. The predicted molar refractivity (Wildman–Crippen MR) is 112 cm³/mol. The molecule has 1 atom stereocenters. The molecule has 154 valence electrons. The third-order valence-electron chi connectivity index (χ3n) is 5.49. The zero-order chi connectivity index (χ0) is 21.5. The topological polar surface area (TPSA) is 69.1 Å². The molecule has 1 aromatic heterocycles. The van der Waals surface area contributed by atoms with Crippen molar-refractivity contribution in [2.75, 3.05) is 7.05 Å². The summed E-state index contributed by atoms with van der Waals surface area (Å²) in [5.41, 5.74) is 3.65. The van der Waals surface area contributed by atoms with Crippen LogP contribution in [-0.4, -0.2) is 34.7 Å². The normalized spacial score (nSPS) is 17.0. The van der Waals surface area contributed by atoms with Gasteiger partial charge < -0.3 is 14.6 Å². The number of amides is 1. The average Bonchev–Trinajstić information content (AvgIpc) is 2.94. The number of aromatic amines is 1. The molecule has 1 aliphatic rings. The first kappa shape index (κ1) is 20.9. The molecule has 1 aromatic carbocycles. The second kappa shape index (κ2) is 7.55. The van der Waals surface area contributed by atoms with E-state index in [-0.39, 0.29) is 12.1 Å². The fourth-order valence-electron chi connectivity index (χ4n) is 3.91. The van der Waals surface area contributed by atoms with Gasteiger partial charge in [0.05, 0.1) is 17.1 Å². The van der Waals surface area contributed by atoms with Gasteiger partial charge in [-0.1, -0.05) is 6.08 Å². The van der Waals surface area contributed by atoms with Crippen molar-refractivity contribution < 1.29 is 13.9 Å². The molecule has 29 heavy (non-hydrogen) atoms. The molecule has 1 unspecified atom stereocenters. The fraction of sp³-hybridized carbons (Fsp3) is 0.478. The lowest BCUT2D eigenvalue weighted by Crippen LogP contribution is -2.40. The highest BCUT2D eigenvalue weighted by molar-refractivity contribution is 5.98. The number of carbonyl (C=O) groups excluding carboxylic acids is 1. The van der Waals surface area contributed by atoms with Crippen molar-refractivity contribution in [3.05, 3.63) is 40.3 Å². The van der Waals surface area contributed by atoms with Crippen molar-refractivity contribution in [2.45, 2.75) is 65.5 Å². The van der Waals surface area contributed by atoms with Gasteiger partial charge in [-0.3, -0.25) is 0 Å². The second-order valence-corrected chi connectivity index (χ2v) is 8.76. The van der Waals surface area contributed by atoms with Crippen molar-refractivity contribution in [3.63, 3.8) is 0 Å². The first-order chi connectivity index (χ1) is 13.5. The van der Waals surface area contributed by atoms with Gasteiger partial charge in [-0.05, 0) is 71.1 Å². The van der Waals surface area contributed by atoms with Gasteiger partial charge in [0.1, 0.15) is 17.5 Å². The van der Waals surface area contributed by atoms with Crippen molar-refractivity contribution >= 4 is 22.6 Å². The number of ether oxygens (including phenoxy) is 1. The number of likely N-dealkylation sites (N-methyl/N-ethyl adjacent to an activating group) is 1. The maximum absolute atomic E-state index is 15.1. The second-order valence-electron chi connectivity index (χ2n) is 8.76. The number of nitrogens with zero attached hydrogens (tertiary/aromatic N) is 2. The SMILES string of the molecule is Cc1[nH]c2c(C#N)cc(F)c(C3=CC(N(C)C(=O)OC(C)(C)C)CCC3)c2c1C. The summed E-state index contributed by atoms with van der Waals surface area (Å²) in [6.45, 7) is 9.36. The number of nitriles is 1. The molecule has 1 N–H and O–H groups in total. The Balaban J connectivity index is 2.07. The first-order valence-electron chi connectivity index (χ1n) is 9.92. The van der Waals surface area contributed by atoms with Crippen LogP contribution in [0.5, 0.6) is 0 Å². The summed E-state index contributed by atoms with van der Waals surface area (Å²) in [6.07, 6.45) is 3.94. The summed E-state index contributed by atoms with van der Waals surface area (Å²) in [5.74, 6) is -0.400. The van der Waals surface area contributed by atoms with Crippen LogP contribution in [0.15, 0.2) is 12.1 Å². The number of allylic oxidation sites excluding steroid dienone is 1. The van der Waals surface area contributed by atoms with Crippen LogP contribution in [0, 0.1) is 31.0 Å². The number of carbonyl (C=O) groups is 1. The van der Waals surface area contributed by atoms with Crippen molar-refractivity contribution in [1.82, 2.24) is 9.88 Å². The minimum Gasteiger partial charge on any atom is -0.444 e. The molecule has 0 fully saturated rings. The number of hydrogen-bond donors (Lipinski definition) is 1.